The molecule has 1 aromatic rings. The molecule has 7 nitrogen and oxygen atoms in total. The Bertz CT molecular complexity index is 1100. The maximum absolute atomic E-state index is 13.7. The van der Waals surface area contributed by atoms with Gasteiger partial charge in [0.25, 0.3) is 5.91 Å². The summed E-state index contributed by atoms with van der Waals surface area (Å²) in [5, 5.41) is 21.2. The number of nitrogens with one attached hydrogen (secondary N) is 3. The third-order valence-corrected chi connectivity index (χ3v) is 11.5. The molecule has 234 valence electrons. The number of rotatable bonds is 7. The van der Waals surface area contributed by atoms with Crippen LogP contribution < -0.4 is 20.7 Å². The first-order valence-corrected chi connectivity index (χ1v) is 16.6. The highest BCUT2D eigenvalue weighted by atomic mass is 35.5. The van der Waals surface area contributed by atoms with Gasteiger partial charge < -0.3 is 25.8 Å². The molecule has 2 bridgehead atoms. The molecule has 1 aliphatic heterocycles. The summed E-state index contributed by atoms with van der Waals surface area (Å²) >= 11 is 5.71. The highest BCUT2D eigenvalue weighted by Crippen LogP contribution is 2.52. The van der Waals surface area contributed by atoms with Gasteiger partial charge in [-0.15, -0.1) is 0 Å². The van der Waals surface area contributed by atoms with Crippen molar-refractivity contribution in [1.82, 2.24) is 16.0 Å². The first-order chi connectivity index (χ1) is 20.2. The summed E-state index contributed by atoms with van der Waals surface area (Å²) in [5.74, 6) is -0.151. The Hall–Kier alpha value is -1.90. The molecule has 2 amide bonds. The van der Waals surface area contributed by atoms with E-state index in [-0.39, 0.29) is 35.2 Å². The minimum absolute atomic E-state index is 0.00891. The monoisotopic (exact) mass is 605 g/mol. The van der Waals surface area contributed by atoms with Crippen molar-refractivity contribution in [3.05, 3.63) is 29.0 Å². The molecule has 3 unspecified atom stereocenters. The fraction of sp³-hybridized carbons (Fsp3) is 0.758. The summed E-state index contributed by atoms with van der Waals surface area (Å²) in [7, 11) is 0. The van der Waals surface area contributed by atoms with E-state index in [1.807, 2.05) is 0 Å². The van der Waals surface area contributed by atoms with Crippen LogP contribution in [0, 0.1) is 22.6 Å². The predicted molar refractivity (Wildman–Crippen MR) is 162 cm³/mol. The van der Waals surface area contributed by atoms with Crippen LogP contribution in [-0.2, 0) is 9.59 Å². The lowest BCUT2D eigenvalue weighted by Crippen LogP contribution is -2.66. The average molecular weight is 606 g/mol. The van der Waals surface area contributed by atoms with E-state index in [1.165, 1.54) is 69.9 Å². The van der Waals surface area contributed by atoms with E-state index in [2.05, 4.69) is 22.9 Å². The van der Waals surface area contributed by atoms with Gasteiger partial charge in [0.1, 0.15) is 11.6 Å². The zero-order valence-corrected chi connectivity index (χ0v) is 25.9. The smallest absolute Gasteiger partial charge is 0.258 e. The number of carbonyl (C=O) groups is 2. The number of ether oxygens (including phenoxy) is 1. The molecule has 0 aromatic heterocycles. The van der Waals surface area contributed by atoms with Crippen molar-refractivity contribution in [2.45, 2.75) is 121 Å². The van der Waals surface area contributed by atoms with Gasteiger partial charge in [-0.2, -0.15) is 0 Å². The summed E-state index contributed by atoms with van der Waals surface area (Å²) < 4.78 is 19.1. The zero-order chi connectivity index (χ0) is 29.8. The number of fused-ring (bicyclic) bond motifs is 3. The number of amides is 2. The van der Waals surface area contributed by atoms with Crippen molar-refractivity contribution >= 4 is 23.4 Å². The molecule has 9 heteroatoms. The third-order valence-electron chi connectivity index (χ3n) is 11.2. The highest BCUT2D eigenvalue weighted by Gasteiger charge is 2.58. The van der Waals surface area contributed by atoms with E-state index in [4.69, 9.17) is 16.3 Å². The van der Waals surface area contributed by atoms with Crippen molar-refractivity contribution in [1.29, 1.82) is 0 Å². The first-order valence-electron chi connectivity index (χ1n) is 16.2. The fourth-order valence-corrected chi connectivity index (χ4v) is 8.46. The van der Waals surface area contributed by atoms with Gasteiger partial charge in [-0.1, -0.05) is 63.5 Å². The fourth-order valence-electron chi connectivity index (χ4n) is 8.34. The molecule has 4 aliphatic carbocycles. The second kappa shape index (κ2) is 13.4. The normalized spacial score (nSPS) is 33.1. The van der Waals surface area contributed by atoms with Crippen LogP contribution in [0.3, 0.4) is 0 Å². The van der Waals surface area contributed by atoms with Crippen molar-refractivity contribution < 1.29 is 23.8 Å². The average Bonchev–Trinajstić information content (AvgIpc) is 2.98. The number of hydrogen-bond acceptors (Lipinski definition) is 5. The SMILES string of the molecule is CC1CC(CNC(=O)C23CCC(NC(=O)COc4ccc(Cl)c(F)c4)(CC2)CC3O)NCC12CCCCCCCCC2. The molecule has 1 heterocycles. The van der Waals surface area contributed by atoms with Crippen molar-refractivity contribution in [2.75, 3.05) is 19.7 Å². The van der Waals surface area contributed by atoms with Crippen molar-refractivity contribution in [3.8, 4) is 5.75 Å². The Morgan fingerprint density at radius 2 is 1.71 bits per heavy atom. The lowest BCUT2D eigenvalue weighted by molar-refractivity contribution is -0.156. The number of hydrogen-bond donors (Lipinski definition) is 4. The highest BCUT2D eigenvalue weighted by molar-refractivity contribution is 6.30. The minimum Gasteiger partial charge on any atom is -0.484 e. The van der Waals surface area contributed by atoms with Gasteiger partial charge in [0.15, 0.2) is 6.61 Å². The lowest BCUT2D eigenvalue weighted by atomic mass is 9.55. The Balaban J connectivity index is 1.09. The maximum atomic E-state index is 13.7. The van der Waals surface area contributed by atoms with E-state index in [0.29, 0.717) is 50.0 Å². The predicted octanol–water partition coefficient (Wildman–Crippen LogP) is 5.66. The molecule has 4 N–H and O–H groups in total. The van der Waals surface area contributed by atoms with Gasteiger partial charge in [-0.05, 0) is 74.8 Å². The molecular weight excluding hydrogens is 557 g/mol. The van der Waals surface area contributed by atoms with Crippen LogP contribution in [0.15, 0.2) is 18.2 Å². The van der Waals surface area contributed by atoms with Crippen molar-refractivity contribution in [3.63, 3.8) is 0 Å². The van der Waals surface area contributed by atoms with Gasteiger partial charge in [-0.3, -0.25) is 9.59 Å². The van der Waals surface area contributed by atoms with Gasteiger partial charge in [-0.25, -0.2) is 4.39 Å². The topological polar surface area (TPSA) is 99.7 Å². The van der Waals surface area contributed by atoms with Crippen LogP contribution in [-0.4, -0.2) is 54.3 Å². The summed E-state index contributed by atoms with van der Waals surface area (Å²) in [6, 6.07) is 4.29. The van der Waals surface area contributed by atoms with Crippen LogP contribution in [0.4, 0.5) is 4.39 Å². The van der Waals surface area contributed by atoms with Crippen LogP contribution in [0.1, 0.15) is 103 Å². The quantitative estimate of drug-likeness (QED) is 0.321. The molecule has 1 saturated heterocycles. The molecule has 5 fully saturated rings. The number of halogens is 2. The molecule has 1 aromatic carbocycles. The van der Waals surface area contributed by atoms with E-state index < -0.39 is 22.9 Å². The van der Waals surface area contributed by atoms with E-state index in [9.17, 15) is 19.1 Å². The molecule has 5 aliphatic rings. The molecule has 1 spiro atoms. The minimum atomic E-state index is -0.823. The van der Waals surface area contributed by atoms with Gasteiger partial charge in [0, 0.05) is 30.7 Å². The molecular formula is C33H49ClFN3O4. The zero-order valence-electron chi connectivity index (χ0n) is 25.1. The number of carbonyl (C=O) groups excluding carboxylic acids is 2. The lowest BCUT2D eigenvalue weighted by Gasteiger charge is -2.55. The summed E-state index contributed by atoms with van der Waals surface area (Å²) in [5.41, 5.74) is -0.984. The molecule has 0 radical (unpaired) electrons. The number of aliphatic hydroxyl groups is 1. The van der Waals surface area contributed by atoms with Crippen molar-refractivity contribution in [2.24, 2.45) is 16.7 Å². The number of benzene rings is 1. The Morgan fingerprint density at radius 3 is 2.33 bits per heavy atom. The summed E-state index contributed by atoms with van der Waals surface area (Å²) in [6.07, 6.45) is 15.0. The largest absolute Gasteiger partial charge is 0.484 e. The molecule has 42 heavy (non-hydrogen) atoms. The standard InChI is InChI=1S/C33H49ClFN3O4/c1-23-17-24(37-22-31(23)11-7-5-3-2-4-6-8-12-31)20-36-30(41)33-15-13-32(14-16-33,19-28(33)39)38-29(40)21-42-25-9-10-26(34)27(35)18-25/h9-10,18,23-24,28,37,39H,2-8,11-17,19-22H2,1H3,(H,36,41)(H,38,40). The molecule has 3 atom stereocenters. The summed E-state index contributed by atoms with van der Waals surface area (Å²) in [6.45, 7) is 3.76. The number of aliphatic hydroxyl groups excluding tert-OH is 1. The van der Waals surface area contributed by atoms with Crippen LogP contribution in [0.2, 0.25) is 5.02 Å². The van der Waals surface area contributed by atoms with Crippen LogP contribution in [0.25, 0.3) is 0 Å². The third kappa shape index (κ3) is 6.91. The van der Waals surface area contributed by atoms with Gasteiger partial charge in [0.2, 0.25) is 5.91 Å². The molecule has 4 saturated carbocycles. The van der Waals surface area contributed by atoms with Gasteiger partial charge >= 0.3 is 0 Å². The number of piperidine rings is 1. The Labute approximate surface area is 255 Å². The molecule has 6 rings (SSSR count). The Morgan fingerprint density at radius 1 is 1.05 bits per heavy atom. The van der Waals surface area contributed by atoms with Crippen LogP contribution >= 0.6 is 11.6 Å². The van der Waals surface area contributed by atoms with Crippen LogP contribution in [0.5, 0.6) is 5.75 Å². The van der Waals surface area contributed by atoms with E-state index >= 15 is 0 Å². The summed E-state index contributed by atoms with van der Waals surface area (Å²) in [4.78, 5) is 26.2. The first kappa shape index (κ1) is 31.5. The van der Waals surface area contributed by atoms with Gasteiger partial charge in [0.05, 0.1) is 16.5 Å². The second-order valence-electron chi connectivity index (χ2n) is 13.8. The maximum Gasteiger partial charge on any atom is 0.258 e. The Kier molecular flexibility index (Phi) is 10.1. The van der Waals surface area contributed by atoms with E-state index in [1.54, 1.807) is 0 Å². The second-order valence-corrected chi connectivity index (χ2v) is 14.2. The van der Waals surface area contributed by atoms with E-state index in [0.717, 1.165) is 19.0 Å².